The molecule has 0 aromatic rings. The van der Waals surface area contributed by atoms with Gasteiger partial charge in [-0.2, -0.15) is 0 Å². The highest BCUT2D eigenvalue weighted by atomic mass is 16.3. The fraction of sp³-hybridized carbons (Fsp3) is 1.00. The van der Waals surface area contributed by atoms with Crippen LogP contribution < -0.4 is 0 Å². The van der Waals surface area contributed by atoms with Crippen LogP contribution in [0.5, 0.6) is 0 Å². The molecule has 0 spiro atoms. The fourth-order valence-corrected chi connectivity index (χ4v) is 2.18. The summed E-state index contributed by atoms with van der Waals surface area (Å²) in [7, 11) is 0. The number of unbranched alkanes of at least 4 members (excludes halogenated alkanes) is 7. The Kier molecular flexibility index (Phi) is 12.4. The molecule has 0 aromatic heterocycles. The zero-order chi connectivity index (χ0) is 12.9. The summed E-state index contributed by atoms with van der Waals surface area (Å²) >= 11 is 0. The standard InChI is InChI=1S/C16H34O/c1-4-5-6-7-8-9-10-11-12-16(17)14-13-15(2)3/h15-17H,4-14H2,1-3H3. The molecule has 0 aliphatic rings. The lowest BCUT2D eigenvalue weighted by Crippen LogP contribution is -2.07. The van der Waals surface area contributed by atoms with Gasteiger partial charge in [-0.15, -0.1) is 0 Å². The van der Waals surface area contributed by atoms with Crippen molar-refractivity contribution >= 4 is 0 Å². The van der Waals surface area contributed by atoms with Crippen LogP contribution in [0.4, 0.5) is 0 Å². The second kappa shape index (κ2) is 12.4. The monoisotopic (exact) mass is 242 g/mol. The molecular weight excluding hydrogens is 208 g/mol. The number of hydrogen-bond donors (Lipinski definition) is 1. The van der Waals surface area contributed by atoms with Crippen molar-refractivity contribution in [2.24, 2.45) is 5.92 Å². The van der Waals surface area contributed by atoms with Crippen LogP contribution in [0.25, 0.3) is 0 Å². The zero-order valence-corrected chi connectivity index (χ0v) is 12.4. The van der Waals surface area contributed by atoms with Gasteiger partial charge in [-0.1, -0.05) is 72.1 Å². The third-order valence-electron chi connectivity index (χ3n) is 3.47. The molecule has 0 bridgehead atoms. The molecular formula is C16H34O. The van der Waals surface area contributed by atoms with E-state index in [9.17, 15) is 5.11 Å². The second-order valence-electron chi connectivity index (χ2n) is 5.89. The molecule has 0 rings (SSSR count). The minimum atomic E-state index is -0.0440. The lowest BCUT2D eigenvalue weighted by Gasteiger charge is -2.11. The first-order valence-electron chi connectivity index (χ1n) is 7.84. The smallest absolute Gasteiger partial charge is 0.0540 e. The molecule has 1 atom stereocenters. The lowest BCUT2D eigenvalue weighted by molar-refractivity contribution is 0.143. The van der Waals surface area contributed by atoms with Crippen LogP contribution >= 0.6 is 0 Å². The average Bonchev–Trinajstić information content (AvgIpc) is 2.30. The highest BCUT2D eigenvalue weighted by Gasteiger charge is 2.04. The summed E-state index contributed by atoms with van der Waals surface area (Å²) in [5.41, 5.74) is 0. The van der Waals surface area contributed by atoms with Gasteiger partial charge in [0.05, 0.1) is 6.10 Å². The Bertz CT molecular complexity index is 142. The Balaban J connectivity index is 3.11. The van der Waals surface area contributed by atoms with Gasteiger partial charge in [-0.25, -0.2) is 0 Å². The van der Waals surface area contributed by atoms with Crippen molar-refractivity contribution in [3.8, 4) is 0 Å². The first kappa shape index (κ1) is 17.0. The van der Waals surface area contributed by atoms with Gasteiger partial charge >= 0.3 is 0 Å². The van der Waals surface area contributed by atoms with Gasteiger partial charge in [0.2, 0.25) is 0 Å². The summed E-state index contributed by atoms with van der Waals surface area (Å²) in [6, 6.07) is 0. The van der Waals surface area contributed by atoms with Gasteiger partial charge in [0.25, 0.3) is 0 Å². The van der Waals surface area contributed by atoms with E-state index in [1.165, 1.54) is 51.4 Å². The van der Waals surface area contributed by atoms with Crippen LogP contribution in [0.1, 0.15) is 91.4 Å². The van der Waals surface area contributed by atoms with Crippen molar-refractivity contribution < 1.29 is 5.11 Å². The predicted octanol–water partition coefficient (Wildman–Crippen LogP) is 5.31. The number of hydrogen-bond acceptors (Lipinski definition) is 1. The van der Waals surface area contributed by atoms with E-state index in [1.807, 2.05) is 0 Å². The molecule has 0 saturated carbocycles. The molecule has 0 amide bonds. The van der Waals surface area contributed by atoms with Crippen LogP contribution in [-0.4, -0.2) is 11.2 Å². The van der Waals surface area contributed by atoms with Crippen molar-refractivity contribution in [1.82, 2.24) is 0 Å². The molecule has 1 heteroatoms. The minimum Gasteiger partial charge on any atom is -0.393 e. The van der Waals surface area contributed by atoms with E-state index in [4.69, 9.17) is 0 Å². The molecule has 1 N–H and O–H groups in total. The van der Waals surface area contributed by atoms with Gasteiger partial charge in [-0.3, -0.25) is 0 Å². The summed E-state index contributed by atoms with van der Waals surface area (Å²) in [5.74, 6) is 0.725. The van der Waals surface area contributed by atoms with Gasteiger partial charge in [0, 0.05) is 0 Å². The Hall–Kier alpha value is -0.0400. The highest BCUT2D eigenvalue weighted by molar-refractivity contribution is 4.58. The lowest BCUT2D eigenvalue weighted by atomic mass is 10.0. The number of rotatable bonds is 12. The fourth-order valence-electron chi connectivity index (χ4n) is 2.18. The summed E-state index contributed by atoms with van der Waals surface area (Å²) in [6.45, 7) is 6.71. The van der Waals surface area contributed by atoms with Crippen molar-refractivity contribution in [2.75, 3.05) is 0 Å². The molecule has 0 saturated heterocycles. The highest BCUT2D eigenvalue weighted by Crippen LogP contribution is 2.14. The maximum Gasteiger partial charge on any atom is 0.0540 e. The summed E-state index contributed by atoms with van der Waals surface area (Å²) in [4.78, 5) is 0. The van der Waals surface area contributed by atoms with E-state index >= 15 is 0 Å². The Labute approximate surface area is 109 Å². The molecule has 0 aromatic carbocycles. The van der Waals surface area contributed by atoms with Crippen LogP contribution in [0.15, 0.2) is 0 Å². The van der Waals surface area contributed by atoms with E-state index in [-0.39, 0.29) is 6.10 Å². The Morgan fingerprint density at radius 1 is 0.706 bits per heavy atom. The van der Waals surface area contributed by atoms with E-state index in [1.54, 1.807) is 0 Å². The van der Waals surface area contributed by atoms with E-state index < -0.39 is 0 Å². The molecule has 1 unspecified atom stereocenters. The van der Waals surface area contributed by atoms with Crippen molar-refractivity contribution in [3.63, 3.8) is 0 Å². The maximum atomic E-state index is 9.77. The van der Waals surface area contributed by atoms with Crippen LogP contribution in [0, 0.1) is 5.92 Å². The molecule has 0 heterocycles. The van der Waals surface area contributed by atoms with Gasteiger partial charge in [0.1, 0.15) is 0 Å². The Morgan fingerprint density at radius 3 is 1.76 bits per heavy atom. The normalized spacial score (nSPS) is 13.2. The SMILES string of the molecule is CCCCCCCCCCC(O)CCC(C)C. The molecule has 0 fully saturated rings. The van der Waals surface area contributed by atoms with E-state index in [0.29, 0.717) is 0 Å². The van der Waals surface area contributed by atoms with E-state index in [0.717, 1.165) is 25.2 Å². The minimum absolute atomic E-state index is 0.0440. The summed E-state index contributed by atoms with van der Waals surface area (Å²) < 4.78 is 0. The maximum absolute atomic E-state index is 9.77. The van der Waals surface area contributed by atoms with E-state index in [2.05, 4.69) is 20.8 Å². The second-order valence-corrected chi connectivity index (χ2v) is 5.89. The van der Waals surface area contributed by atoms with Crippen molar-refractivity contribution in [2.45, 2.75) is 97.5 Å². The summed E-state index contributed by atoms with van der Waals surface area (Å²) in [5, 5.41) is 9.77. The molecule has 0 aliphatic carbocycles. The largest absolute Gasteiger partial charge is 0.393 e. The molecule has 17 heavy (non-hydrogen) atoms. The quantitative estimate of drug-likeness (QED) is 0.460. The zero-order valence-electron chi connectivity index (χ0n) is 12.4. The predicted molar refractivity (Wildman–Crippen MR) is 77.3 cm³/mol. The number of aliphatic hydroxyl groups excluding tert-OH is 1. The molecule has 1 nitrogen and oxygen atoms in total. The third kappa shape index (κ3) is 13.9. The van der Waals surface area contributed by atoms with Crippen LogP contribution in [-0.2, 0) is 0 Å². The first-order valence-corrected chi connectivity index (χ1v) is 7.84. The van der Waals surface area contributed by atoms with Crippen LogP contribution in [0.3, 0.4) is 0 Å². The topological polar surface area (TPSA) is 20.2 Å². The van der Waals surface area contributed by atoms with Gasteiger partial charge < -0.3 is 5.11 Å². The third-order valence-corrected chi connectivity index (χ3v) is 3.47. The van der Waals surface area contributed by atoms with Gasteiger partial charge in [-0.05, 0) is 25.2 Å². The van der Waals surface area contributed by atoms with Crippen molar-refractivity contribution in [1.29, 1.82) is 0 Å². The Morgan fingerprint density at radius 2 is 1.24 bits per heavy atom. The summed E-state index contributed by atoms with van der Waals surface area (Å²) in [6.07, 6.45) is 14.0. The average molecular weight is 242 g/mol. The number of aliphatic hydroxyl groups is 1. The molecule has 0 radical (unpaired) electrons. The van der Waals surface area contributed by atoms with Gasteiger partial charge in [0.15, 0.2) is 0 Å². The van der Waals surface area contributed by atoms with Crippen molar-refractivity contribution in [3.05, 3.63) is 0 Å². The molecule has 0 aliphatic heterocycles. The molecule has 104 valence electrons. The first-order chi connectivity index (χ1) is 8.16. The van der Waals surface area contributed by atoms with Crippen LogP contribution in [0.2, 0.25) is 0 Å².